The molecular formula is C42H87O7P. The minimum Gasteiger partial charge on any atom is -0.379 e. The third-order valence-corrected chi connectivity index (χ3v) is 10.9. The van der Waals surface area contributed by atoms with Gasteiger partial charge >= 0.3 is 7.82 Å². The lowest BCUT2D eigenvalue weighted by atomic mass is 10.1. The number of rotatable bonds is 45. The van der Waals surface area contributed by atoms with Gasteiger partial charge in [-0.25, -0.2) is 4.57 Å². The zero-order valence-electron chi connectivity index (χ0n) is 33.9. The number of unbranched alkanes of at least 4 members (excludes halogenated alkanes) is 27. The van der Waals surface area contributed by atoms with Gasteiger partial charge in [-0.15, -0.1) is 0 Å². The summed E-state index contributed by atoms with van der Waals surface area (Å²) in [7, 11) is -3.71. The van der Waals surface area contributed by atoms with Gasteiger partial charge in [0.15, 0.2) is 0 Å². The summed E-state index contributed by atoms with van der Waals surface area (Å²) in [5.41, 5.74) is 0. The second kappa shape index (κ2) is 43.4. The summed E-state index contributed by atoms with van der Waals surface area (Å²) in [6.07, 6.45) is 39.0. The number of hydrogen-bond donors (Lipinski definition) is 0. The van der Waals surface area contributed by atoms with E-state index in [1.807, 2.05) is 0 Å². The Hall–Kier alpha value is -0.0100. The van der Waals surface area contributed by atoms with Crippen LogP contribution in [0.5, 0.6) is 0 Å². The van der Waals surface area contributed by atoms with Crippen molar-refractivity contribution in [3.05, 3.63) is 0 Å². The van der Waals surface area contributed by atoms with Crippen LogP contribution in [0.3, 0.4) is 0 Å². The molecule has 7 nitrogen and oxygen atoms in total. The molecule has 0 aliphatic heterocycles. The highest BCUT2D eigenvalue weighted by atomic mass is 31.2. The minimum absolute atomic E-state index is 0.175. The second-order valence-electron chi connectivity index (χ2n) is 14.3. The van der Waals surface area contributed by atoms with Crippen molar-refractivity contribution in [1.29, 1.82) is 0 Å². The van der Waals surface area contributed by atoms with Crippen molar-refractivity contribution in [1.82, 2.24) is 0 Å². The molecule has 0 radical (unpaired) electrons. The maximum atomic E-state index is 13.3. The molecule has 0 aliphatic carbocycles. The Morgan fingerprint density at radius 1 is 0.260 bits per heavy atom. The van der Waals surface area contributed by atoms with Crippen molar-refractivity contribution < 1.29 is 32.3 Å². The largest absolute Gasteiger partial charge is 0.475 e. The van der Waals surface area contributed by atoms with Crippen molar-refractivity contribution in [2.75, 3.05) is 59.5 Å². The maximum Gasteiger partial charge on any atom is 0.475 e. The highest BCUT2D eigenvalue weighted by molar-refractivity contribution is 7.48. The minimum atomic E-state index is -3.71. The first-order valence-corrected chi connectivity index (χ1v) is 23.4. The molecule has 0 spiro atoms. The molecule has 0 aromatic carbocycles. The van der Waals surface area contributed by atoms with Crippen molar-refractivity contribution in [3.63, 3.8) is 0 Å². The van der Waals surface area contributed by atoms with E-state index in [4.69, 9.17) is 27.8 Å². The monoisotopic (exact) mass is 735 g/mol. The molecule has 8 heteroatoms. The molecule has 0 heterocycles. The zero-order chi connectivity index (χ0) is 36.3. The van der Waals surface area contributed by atoms with Crippen LogP contribution in [0.4, 0.5) is 0 Å². The Kier molecular flexibility index (Phi) is 43.4. The van der Waals surface area contributed by atoms with Gasteiger partial charge < -0.3 is 14.2 Å². The SMILES string of the molecule is CCCCCCCCCCCCOCCOP(=O)(OCCOCCCCCCCCCCCC)OCCOCCCCCCCCCCCC. The van der Waals surface area contributed by atoms with E-state index >= 15 is 0 Å². The Labute approximate surface area is 312 Å². The van der Waals surface area contributed by atoms with Gasteiger partial charge in [0.2, 0.25) is 0 Å². The molecule has 0 rings (SSSR count). The number of phosphoric ester groups is 1. The van der Waals surface area contributed by atoms with Crippen LogP contribution in [0.15, 0.2) is 0 Å². The fraction of sp³-hybridized carbons (Fsp3) is 1.00. The van der Waals surface area contributed by atoms with Gasteiger partial charge in [0, 0.05) is 19.8 Å². The van der Waals surface area contributed by atoms with E-state index in [-0.39, 0.29) is 19.8 Å². The van der Waals surface area contributed by atoms with Crippen LogP contribution < -0.4 is 0 Å². The summed E-state index contributed by atoms with van der Waals surface area (Å²) in [5, 5.41) is 0. The molecule has 0 fully saturated rings. The van der Waals surface area contributed by atoms with E-state index in [1.165, 1.54) is 173 Å². The predicted octanol–water partition coefficient (Wildman–Crippen LogP) is 14.0. The standard InChI is InChI=1S/C42H87O7P/c1-4-7-10-13-16-19-22-25-28-31-34-44-37-40-47-50(43,48-41-38-45-35-32-29-26-23-20-17-14-11-8-5-2)49-42-39-46-36-33-30-27-24-21-18-15-12-9-6-3/h4-42H2,1-3H3. The van der Waals surface area contributed by atoms with Crippen LogP contribution in [-0.4, -0.2) is 59.5 Å². The maximum absolute atomic E-state index is 13.3. The van der Waals surface area contributed by atoms with E-state index < -0.39 is 7.82 Å². The van der Waals surface area contributed by atoms with Gasteiger partial charge in [0.1, 0.15) is 0 Å². The molecule has 0 unspecified atom stereocenters. The van der Waals surface area contributed by atoms with Crippen LogP contribution >= 0.6 is 7.82 Å². The third kappa shape index (κ3) is 40.8. The predicted molar refractivity (Wildman–Crippen MR) is 213 cm³/mol. The first kappa shape index (κ1) is 50.0. The van der Waals surface area contributed by atoms with Crippen LogP contribution in [0.2, 0.25) is 0 Å². The topological polar surface area (TPSA) is 72.5 Å². The van der Waals surface area contributed by atoms with Gasteiger partial charge in [-0.2, -0.15) is 0 Å². The van der Waals surface area contributed by atoms with E-state index in [2.05, 4.69) is 20.8 Å². The number of ether oxygens (including phenoxy) is 3. The van der Waals surface area contributed by atoms with Crippen molar-refractivity contribution in [2.24, 2.45) is 0 Å². The van der Waals surface area contributed by atoms with E-state index in [1.54, 1.807) is 0 Å². The van der Waals surface area contributed by atoms with Crippen LogP contribution in [0, 0.1) is 0 Å². The summed E-state index contributed by atoms with van der Waals surface area (Å²) in [6.45, 7) is 10.5. The molecule has 0 bridgehead atoms. The normalized spacial score (nSPS) is 12.0. The summed E-state index contributed by atoms with van der Waals surface area (Å²) < 4.78 is 47.5. The summed E-state index contributed by atoms with van der Waals surface area (Å²) in [6, 6.07) is 0. The van der Waals surface area contributed by atoms with Gasteiger partial charge in [-0.05, 0) is 19.3 Å². The molecule has 0 aromatic heterocycles. The first-order valence-electron chi connectivity index (χ1n) is 21.9. The highest BCUT2D eigenvalue weighted by Gasteiger charge is 2.26. The Bertz CT molecular complexity index is 580. The molecule has 0 atom stereocenters. The first-order chi connectivity index (χ1) is 24.7. The molecule has 0 amide bonds. The lowest BCUT2D eigenvalue weighted by Gasteiger charge is -2.18. The van der Waals surface area contributed by atoms with Crippen molar-refractivity contribution in [3.8, 4) is 0 Å². The Morgan fingerprint density at radius 2 is 0.460 bits per heavy atom. The van der Waals surface area contributed by atoms with Crippen LogP contribution in [0.1, 0.15) is 213 Å². The van der Waals surface area contributed by atoms with Crippen LogP contribution in [-0.2, 0) is 32.3 Å². The van der Waals surface area contributed by atoms with E-state index in [0.717, 1.165) is 19.3 Å². The molecule has 50 heavy (non-hydrogen) atoms. The van der Waals surface area contributed by atoms with Gasteiger partial charge in [0.05, 0.1) is 39.6 Å². The molecular weight excluding hydrogens is 647 g/mol. The van der Waals surface area contributed by atoms with Crippen molar-refractivity contribution >= 4 is 7.82 Å². The quantitative estimate of drug-likeness (QED) is 0.0455. The fourth-order valence-corrected chi connectivity index (χ4v) is 7.23. The van der Waals surface area contributed by atoms with E-state index in [9.17, 15) is 4.57 Å². The van der Waals surface area contributed by atoms with E-state index in [0.29, 0.717) is 39.6 Å². The molecule has 0 saturated heterocycles. The summed E-state index contributed by atoms with van der Waals surface area (Å²) >= 11 is 0. The average molecular weight is 735 g/mol. The van der Waals surface area contributed by atoms with Crippen molar-refractivity contribution in [2.45, 2.75) is 213 Å². The number of phosphoric acid groups is 1. The summed E-state index contributed by atoms with van der Waals surface area (Å²) in [4.78, 5) is 0. The molecule has 0 aromatic rings. The lowest BCUT2D eigenvalue weighted by Crippen LogP contribution is -2.12. The number of hydrogen-bond acceptors (Lipinski definition) is 7. The third-order valence-electron chi connectivity index (χ3n) is 9.36. The van der Waals surface area contributed by atoms with Gasteiger partial charge in [0.25, 0.3) is 0 Å². The van der Waals surface area contributed by atoms with Gasteiger partial charge in [-0.3, -0.25) is 13.6 Å². The molecule has 0 saturated carbocycles. The zero-order valence-corrected chi connectivity index (χ0v) is 34.8. The molecule has 302 valence electrons. The fourth-order valence-electron chi connectivity index (χ4n) is 6.12. The Morgan fingerprint density at radius 3 is 0.680 bits per heavy atom. The average Bonchev–Trinajstić information content (AvgIpc) is 3.12. The molecule has 0 N–H and O–H groups in total. The summed E-state index contributed by atoms with van der Waals surface area (Å²) in [5.74, 6) is 0. The molecule has 0 aliphatic rings. The Balaban J connectivity index is 4.08. The van der Waals surface area contributed by atoms with Gasteiger partial charge in [-0.1, -0.05) is 194 Å². The highest BCUT2D eigenvalue weighted by Crippen LogP contribution is 2.49. The smallest absolute Gasteiger partial charge is 0.379 e. The lowest BCUT2D eigenvalue weighted by molar-refractivity contribution is 0.0327. The van der Waals surface area contributed by atoms with Crippen LogP contribution in [0.25, 0.3) is 0 Å². The second-order valence-corrected chi connectivity index (χ2v) is 16.0.